The van der Waals surface area contributed by atoms with Crippen LogP contribution in [0.3, 0.4) is 0 Å². The first-order chi connectivity index (χ1) is 8.99. The highest BCUT2D eigenvalue weighted by Gasteiger charge is 2.20. The number of hydrogen-bond donors (Lipinski definition) is 2. The van der Waals surface area contributed by atoms with Crippen LogP contribution in [-0.2, 0) is 4.79 Å². The minimum atomic E-state index is -0.615. The highest BCUT2D eigenvalue weighted by atomic mass is 19.1. The second-order valence-corrected chi connectivity index (χ2v) is 4.53. The van der Waals surface area contributed by atoms with E-state index in [4.69, 9.17) is 5.73 Å². The van der Waals surface area contributed by atoms with Gasteiger partial charge in [-0.2, -0.15) is 0 Å². The van der Waals surface area contributed by atoms with Crippen molar-refractivity contribution in [3.05, 3.63) is 35.4 Å². The van der Waals surface area contributed by atoms with Gasteiger partial charge < -0.3 is 11.1 Å². The number of hydrogen-bond acceptors (Lipinski definition) is 2. The summed E-state index contributed by atoms with van der Waals surface area (Å²) in [6.07, 6.45) is 1.82. The average molecular weight is 270 g/mol. The zero-order chi connectivity index (χ0) is 14.4. The SMILES string of the molecule is CCCC(N)C(=O)NC(CC)c1cc(F)ccc1F. The molecule has 0 radical (unpaired) electrons. The predicted molar refractivity (Wildman–Crippen MR) is 70.4 cm³/mol. The van der Waals surface area contributed by atoms with Gasteiger partial charge in [-0.3, -0.25) is 4.79 Å². The third kappa shape index (κ3) is 4.28. The lowest BCUT2D eigenvalue weighted by Gasteiger charge is -2.20. The van der Waals surface area contributed by atoms with Crippen LogP contribution < -0.4 is 11.1 Å². The van der Waals surface area contributed by atoms with Crippen molar-refractivity contribution in [1.29, 1.82) is 0 Å². The van der Waals surface area contributed by atoms with Crippen LogP contribution in [0.15, 0.2) is 18.2 Å². The van der Waals surface area contributed by atoms with Gasteiger partial charge in [0.25, 0.3) is 0 Å². The lowest BCUT2D eigenvalue weighted by atomic mass is 10.0. The van der Waals surface area contributed by atoms with Gasteiger partial charge in [0.2, 0.25) is 5.91 Å². The van der Waals surface area contributed by atoms with E-state index in [9.17, 15) is 13.6 Å². The van der Waals surface area contributed by atoms with Gasteiger partial charge in [0, 0.05) is 5.56 Å². The van der Waals surface area contributed by atoms with Crippen molar-refractivity contribution in [1.82, 2.24) is 5.32 Å². The highest BCUT2D eigenvalue weighted by molar-refractivity contribution is 5.81. The van der Waals surface area contributed by atoms with Gasteiger partial charge in [-0.1, -0.05) is 20.3 Å². The van der Waals surface area contributed by atoms with Gasteiger partial charge in [-0.05, 0) is 31.0 Å². The first-order valence-electron chi connectivity index (χ1n) is 6.50. The largest absolute Gasteiger partial charge is 0.348 e. The zero-order valence-corrected chi connectivity index (χ0v) is 11.2. The molecule has 19 heavy (non-hydrogen) atoms. The molecule has 5 heteroatoms. The first kappa shape index (κ1) is 15.6. The fourth-order valence-electron chi connectivity index (χ4n) is 1.90. The van der Waals surface area contributed by atoms with E-state index in [-0.39, 0.29) is 11.5 Å². The molecule has 1 amide bonds. The molecule has 0 aliphatic rings. The predicted octanol–water partition coefficient (Wildman–Crippen LogP) is 2.66. The van der Waals surface area contributed by atoms with Crippen molar-refractivity contribution >= 4 is 5.91 Å². The molecule has 0 aliphatic heterocycles. The summed E-state index contributed by atoms with van der Waals surface area (Å²) in [5.41, 5.74) is 5.85. The first-order valence-corrected chi connectivity index (χ1v) is 6.50. The second-order valence-electron chi connectivity index (χ2n) is 4.53. The summed E-state index contributed by atoms with van der Waals surface area (Å²) >= 11 is 0. The summed E-state index contributed by atoms with van der Waals surface area (Å²) < 4.78 is 26.8. The Hall–Kier alpha value is -1.49. The minimum Gasteiger partial charge on any atom is -0.348 e. The van der Waals surface area contributed by atoms with Crippen LogP contribution in [0.25, 0.3) is 0 Å². The number of nitrogens with two attached hydrogens (primary N) is 1. The van der Waals surface area contributed by atoms with Crippen LogP contribution in [0.2, 0.25) is 0 Å². The summed E-state index contributed by atoms with van der Waals surface area (Å²) in [7, 11) is 0. The molecular weight excluding hydrogens is 250 g/mol. The molecule has 106 valence electrons. The van der Waals surface area contributed by atoms with Gasteiger partial charge in [0.15, 0.2) is 0 Å². The Morgan fingerprint density at radius 3 is 2.63 bits per heavy atom. The molecule has 0 fully saturated rings. The standard InChI is InChI=1S/C14H20F2N2O/c1-3-5-12(17)14(19)18-13(4-2)10-8-9(15)6-7-11(10)16/h6-8,12-13H,3-5,17H2,1-2H3,(H,18,19). The Morgan fingerprint density at radius 1 is 1.37 bits per heavy atom. The summed E-state index contributed by atoms with van der Waals surface area (Å²) in [6.45, 7) is 3.72. The fourth-order valence-corrected chi connectivity index (χ4v) is 1.90. The van der Waals surface area contributed by atoms with E-state index in [0.29, 0.717) is 12.8 Å². The topological polar surface area (TPSA) is 55.1 Å². The maximum absolute atomic E-state index is 13.7. The summed E-state index contributed by atoms with van der Waals surface area (Å²) in [5, 5.41) is 2.66. The Morgan fingerprint density at radius 2 is 2.05 bits per heavy atom. The summed E-state index contributed by atoms with van der Waals surface area (Å²) in [5.74, 6) is -1.39. The molecular formula is C14H20F2N2O. The van der Waals surface area contributed by atoms with Gasteiger partial charge in [0.1, 0.15) is 11.6 Å². The fraction of sp³-hybridized carbons (Fsp3) is 0.500. The molecule has 1 rings (SSSR count). The number of carbonyl (C=O) groups excluding carboxylic acids is 1. The lowest BCUT2D eigenvalue weighted by molar-refractivity contribution is -0.123. The Balaban J connectivity index is 2.83. The average Bonchev–Trinajstić information content (AvgIpc) is 2.39. The molecule has 0 aromatic heterocycles. The molecule has 0 bridgehead atoms. The molecule has 0 spiro atoms. The molecule has 0 heterocycles. The van der Waals surface area contributed by atoms with Crippen LogP contribution >= 0.6 is 0 Å². The second kappa shape index (κ2) is 7.19. The number of benzene rings is 1. The van der Waals surface area contributed by atoms with Gasteiger partial charge in [-0.15, -0.1) is 0 Å². The number of carbonyl (C=O) groups is 1. The van der Waals surface area contributed by atoms with Crippen molar-refractivity contribution in [2.24, 2.45) is 5.73 Å². The van der Waals surface area contributed by atoms with E-state index in [1.807, 2.05) is 6.92 Å². The summed E-state index contributed by atoms with van der Waals surface area (Å²) in [6, 6.07) is 2.04. The van der Waals surface area contributed by atoms with Crippen LogP contribution in [0.4, 0.5) is 8.78 Å². The van der Waals surface area contributed by atoms with Gasteiger partial charge in [0.05, 0.1) is 12.1 Å². The molecule has 3 nitrogen and oxygen atoms in total. The molecule has 0 saturated heterocycles. The number of nitrogens with one attached hydrogen (secondary N) is 1. The number of amides is 1. The third-order valence-corrected chi connectivity index (χ3v) is 2.99. The normalized spacial score (nSPS) is 13.9. The van der Waals surface area contributed by atoms with Gasteiger partial charge in [-0.25, -0.2) is 8.78 Å². The van der Waals surface area contributed by atoms with Crippen LogP contribution in [0.5, 0.6) is 0 Å². The number of rotatable bonds is 6. The molecule has 1 aromatic carbocycles. The van der Waals surface area contributed by atoms with Crippen molar-refractivity contribution in [2.45, 2.75) is 45.2 Å². The van der Waals surface area contributed by atoms with Crippen LogP contribution in [0.1, 0.15) is 44.7 Å². The molecule has 1 aromatic rings. The molecule has 0 aliphatic carbocycles. The zero-order valence-electron chi connectivity index (χ0n) is 11.2. The Bertz CT molecular complexity index is 437. The highest BCUT2D eigenvalue weighted by Crippen LogP contribution is 2.21. The van der Waals surface area contributed by atoms with E-state index in [2.05, 4.69) is 5.32 Å². The minimum absolute atomic E-state index is 0.152. The van der Waals surface area contributed by atoms with E-state index in [0.717, 1.165) is 24.6 Å². The molecule has 3 N–H and O–H groups in total. The molecule has 0 saturated carbocycles. The van der Waals surface area contributed by atoms with Crippen molar-refractivity contribution in [3.63, 3.8) is 0 Å². The maximum atomic E-state index is 13.7. The quantitative estimate of drug-likeness (QED) is 0.835. The van der Waals surface area contributed by atoms with E-state index >= 15 is 0 Å². The van der Waals surface area contributed by atoms with Crippen molar-refractivity contribution in [2.75, 3.05) is 0 Å². The summed E-state index contributed by atoms with van der Waals surface area (Å²) in [4.78, 5) is 11.8. The van der Waals surface area contributed by atoms with E-state index in [1.54, 1.807) is 6.92 Å². The molecule has 2 atom stereocenters. The monoisotopic (exact) mass is 270 g/mol. The van der Waals surface area contributed by atoms with Crippen molar-refractivity contribution < 1.29 is 13.6 Å². The van der Waals surface area contributed by atoms with Crippen LogP contribution in [0, 0.1) is 11.6 Å². The third-order valence-electron chi connectivity index (χ3n) is 2.99. The van der Waals surface area contributed by atoms with Gasteiger partial charge >= 0.3 is 0 Å². The number of halogens is 2. The Kier molecular flexibility index (Phi) is 5.89. The molecule has 2 unspecified atom stereocenters. The Labute approximate surface area is 112 Å². The van der Waals surface area contributed by atoms with Crippen LogP contribution in [-0.4, -0.2) is 11.9 Å². The smallest absolute Gasteiger partial charge is 0.237 e. The van der Waals surface area contributed by atoms with Crippen molar-refractivity contribution in [3.8, 4) is 0 Å². The lowest BCUT2D eigenvalue weighted by Crippen LogP contribution is -2.42. The van der Waals surface area contributed by atoms with E-state index < -0.39 is 23.7 Å². The van der Waals surface area contributed by atoms with E-state index in [1.165, 1.54) is 0 Å². The maximum Gasteiger partial charge on any atom is 0.237 e.